The number of hydrogen-bond donors (Lipinski definition) is 0. The summed E-state index contributed by atoms with van der Waals surface area (Å²) in [5.74, 6) is -3.96. The predicted molar refractivity (Wildman–Crippen MR) is 36.3 cm³/mol. The third-order valence-electron chi connectivity index (χ3n) is 1.65. The highest BCUT2D eigenvalue weighted by Crippen LogP contribution is 2.36. The molecule has 1 aromatic rings. The molecule has 0 radical (unpaired) electrons. The molecule has 15 heavy (non-hydrogen) atoms. The highest BCUT2D eigenvalue weighted by atomic mass is 19.4. The molecule has 0 saturated carbocycles. The summed E-state index contributed by atoms with van der Waals surface area (Å²) in [7, 11) is 0. The van der Waals surface area contributed by atoms with Gasteiger partial charge in [-0.2, -0.15) is 13.2 Å². The summed E-state index contributed by atoms with van der Waals surface area (Å²) in [4.78, 5) is 0. The van der Waals surface area contributed by atoms with Crippen molar-refractivity contribution < 1.29 is 30.7 Å². The number of rotatable bonds is 1. The van der Waals surface area contributed by atoms with Crippen molar-refractivity contribution in [2.24, 2.45) is 0 Å². The van der Waals surface area contributed by atoms with Crippen molar-refractivity contribution in [3.8, 4) is 0 Å². The van der Waals surface area contributed by atoms with Crippen LogP contribution in [0.1, 0.15) is 17.6 Å². The summed E-state index contributed by atoms with van der Waals surface area (Å²) in [6.45, 7) is 0. The first-order chi connectivity index (χ1) is 6.75. The topological polar surface area (TPSA) is 0 Å². The summed E-state index contributed by atoms with van der Waals surface area (Å²) in [6, 6.07) is 0.240. The van der Waals surface area contributed by atoms with Gasteiger partial charge in [0.1, 0.15) is 11.6 Å². The lowest BCUT2D eigenvalue weighted by atomic mass is 10.1. The molecular formula is C8H3F7. The van der Waals surface area contributed by atoms with E-state index in [1.165, 1.54) is 0 Å². The van der Waals surface area contributed by atoms with Crippen molar-refractivity contribution >= 4 is 0 Å². The summed E-state index contributed by atoms with van der Waals surface area (Å²) < 4.78 is 85.5. The third kappa shape index (κ3) is 2.21. The van der Waals surface area contributed by atoms with E-state index in [1.54, 1.807) is 0 Å². The van der Waals surface area contributed by atoms with Gasteiger partial charge in [0.15, 0.2) is 0 Å². The minimum Gasteiger partial charge on any atom is -0.206 e. The van der Waals surface area contributed by atoms with Crippen molar-refractivity contribution in [1.82, 2.24) is 0 Å². The summed E-state index contributed by atoms with van der Waals surface area (Å²) in [5, 5.41) is 0. The third-order valence-corrected chi connectivity index (χ3v) is 1.65. The number of halogens is 7. The molecule has 0 unspecified atom stereocenters. The van der Waals surface area contributed by atoms with Crippen LogP contribution in [0, 0.1) is 11.6 Å². The fraction of sp³-hybridized carbons (Fsp3) is 0.250. The molecule has 0 aromatic heterocycles. The smallest absolute Gasteiger partial charge is 0.206 e. The molecule has 0 fully saturated rings. The highest BCUT2D eigenvalue weighted by molar-refractivity contribution is 5.30. The second kappa shape index (κ2) is 3.71. The van der Waals surface area contributed by atoms with E-state index in [4.69, 9.17) is 0 Å². The number of benzene rings is 1. The van der Waals surface area contributed by atoms with Gasteiger partial charge in [-0.1, -0.05) is 0 Å². The monoisotopic (exact) mass is 232 g/mol. The molecule has 0 bridgehead atoms. The van der Waals surface area contributed by atoms with Crippen molar-refractivity contribution in [1.29, 1.82) is 0 Å². The van der Waals surface area contributed by atoms with Gasteiger partial charge in [-0.25, -0.2) is 17.6 Å². The first kappa shape index (κ1) is 11.8. The van der Waals surface area contributed by atoms with Gasteiger partial charge in [0.05, 0.1) is 11.1 Å². The maximum Gasteiger partial charge on any atom is 0.419 e. The zero-order chi connectivity index (χ0) is 11.8. The molecule has 0 amide bonds. The van der Waals surface area contributed by atoms with Crippen molar-refractivity contribution in [3.05, 3.63) is 34.9 Å². The number of alkyl halides is 5. The standard InChI is InChI=1S/C8H3F7/c9-4-2-1-3(8(13,14)15)6(10)5(4)7(11)12/h1-2,7H. The van der Waals surface area contributed by atoms with Crippen LogP contribution in [0.4, 0.5) is 30.7 Å². The van der Waals surface area contributed by atoms with E-state index in [-0.39, 0.29) is 12.1 Å². The molecule has 7 heteroatoms. The Morgan fingerprint density at radius 3 is 1.93 bits per heavy atom. The van der Waals surface area contributed by atoms with E-state index in [2.05, 4.69) is 0 Å². The van der Waals surface area contributed by atoms with Crippen LogP contribution < -0.4 is 0 Å². The zero-order valence-corrected chi connectivity index (χ0v) is 6.88. The average Bonchev–Trinajstić information content (AvgIpc) is 2.00. The van der Waals surface area contributed by atoms with Crippen LogP contribution in [-0.2, 0) is 6.18 Å². The van der Waals surface area contributed by atoms with Crippen LogP contribution in [0.5, 0.6) is 0 Å². The number of hydrogen-bond acceptors (Lipinski definition) is 0. The molecule has 0 saturated heterocycles. The van der Waals surface area contributed by atoms with Gasteiger partial charge in [-0.05, 0) is 12.1 Å². The SMILES string of the molecule is Fc1ccc(C(F)(F)F)c(F)c1C(F)F. The molecule has 84 valence electrons. The molecule has 1 rings (SSSR count). The minimum atomic E-state index is -5.12. The minimum absolute atomic E-state index is 0.0799. The first-order valence-electron chi connectivity index (χ1n) is 3.58. The predicted octanol–water partition coefficient (Wildman–Crippen LogP) is 3.92. The lowest BCUT2D eigenvalue weighted by molar-refractivity contribution is -0.140. The van der Waals surface area contributed by atoms with E-state index in [0.29, 0.717) is 0 Å². The molecule has 0 aliphatic carbocycles. The van der Waals surface area contributed by atoms with Crippen LogP contribution in [0.2, 0.25) is 0 Å². The first-order valence-corrected chi connectivity index (χ1v) is 3.58. The summed E-state index contributed by atoms with van der Waals surface area (Å²) in [6.07, 6.45) is -8.76. The molecule has 0 N–H and O–H groups in total. The van der Waals surface area contributed by atoms with E-state index in [0.717, 1.165) is 0 Å². The molecule has 0 aliphatic heterocycles. The quantitative estimate of drug-likeness (QED) is 0.643. The lowest BCUT2D eigenvalue weighted by Gasteiger charge is -2.11. The van der Waals surface area contributed by atoms with Crippen LogP contribution in [-0.4, -0.2) is 0 Å². The Morgan fingerprint density at radius 1 is 1.00 bits per heavy atom. The van der Waals surface area contributed by atoms with E-state index < -0.39 is 35.4 Å². The van der Waals surface area contributed by atoms with E-state index in [1.807, 2.05) is 0 Å². The largest absolute Gasteiger partial charge is 0.419 e. The molecule has 0 aliphatic rings. The fourth-order valence-corrected chi connectivity index (χ4v) is 0.988. The molecule has 0 atom stereocenters. The van der Waals surface area contributed by atoms with Gasteiger partial charge in [-0.3, -0.25) is 0 Å². The fourth-order valence-electron chi connectivity index (χ4n) is 0.988. The van der Waals surface area contributed by atoms with Gasteiger partial charge < -0.3 is 0 Å². The van der Waals surface area contributed by atoms with Crippen molar-refractivity contribution in [2.45, 2.75) is 12.6 Å². The molecular weight excluding hydrogens is 229 g/mol. The van der Waals surface area contributed by atoms with Crippen molar-refractivity contribution in [2.75, 3.05) is 0 Å². The zero-order valence-electron chi connectivity index (χ0n) is 6.88. The normalized spacial score (nSPS) is 12.3. The van der Waals surface area contributed by atoms with Crippen LogP contribution in [0.25, 0.3) is 0 Å². The van der Waals surface area contributed by atoms with Gasteiger partial charge in [0, 0.05) is 0 Å². The summed E-state index contributed by atoms with van der Waals surface area (Å²) >= 11 is 0. The molecule has 0 heterocycles. The van der Waals surface area contributed by atoms with Gasteiger partial charge in [0.2, 0.25) is 0 Å². The summed E-state index contributed by atoms with van der Waals surface area (Å²) in [5.41, 5.74) is -3.76. The van der Waals surface area contributed by atoms with Gasteiger partial charge in [-0.15, -0.1) is 0 Å². The van der Waals surface area contributed by atoms with Crippen LogP contribution in [0.3, 0.4) is 0 Å². The second-order valence-corrected chi connectivity index (χ2v) is 2.62. The van der Waals surface area contributed by atoms with Crippen LogP contribution >= 0.6 is 0 Å². The Hall–Kier alpha value is -1.27. The highest BCUT2D eigenvalue weighted by Gasteiger charge is 2.37. The Bertz CT molecular complexity index is 366. The van der Waals surface area contributed by atoms with Crippen molar-refractivity contribution in [3.63, 3.8) is 0 Å². The average molecular weight is 232 g/mol. The molecule has 0 nitrogen and oxygen atoms in total. The van der Waals surface area contributed by atoms with E-state index in [9.17, 15) is 30.7 Å². The maximum atomic E-state index is 12.8. The Balaban J connectivity index is 3.42. The molecule has 1 aromatic carbocycles. The Morgan fingerprint density at radius 2 is 1.53 bits per heavy atom. The van der Waals surface area contributed by atoms with Gasteiger partial charge >= 0.3 is 6.18 Å². The second-order valence-electron chi connectivity index (χ2n) is 2.62. The van der Waals surface area contributed by atoms with Gasteiger partial charge in [0.25, 0.3) is 6.43 Å². The van der Waals surface area contributed by atoms with E-state index >= 15 is 0 Å². The molecule has 0 spiro atoms. The Labute approximate surface area is 79.3 Å². The van der Waals surface area contributed by atoms with Crippen LogP contribution in [0.15, 0.2) is 12.1 Å². The lowest BCUT2D eigenvalue weighted by Crippen LogP contribution is -2.11. The Kier molecular flexibility index (Phi) is 2.92. The maximum absolute atomic E-state index is 12.8.